The average Bonchev–Trinajstić information content (AvgIpc) is 2.40. The van der Waals surface area contributed by atoms with Gasteiger partial charge in [-0.1, -0.05) is 33.8 Å². The maximum absolute atomic E-state index is 11.4. The van der Waals surface area contributed by atoms with Gasteiger partial charge in [0.2, 0.25) is 0 Å². The molecule has 2 aromatic carbocycles. The molecule has 0 fully saturated rings. The number of ether oxygens (including phenoxy) is 1. The number of hydrogen-bond donors (Lipinski definition) is 1. The second-order valence-electron chi connectivity index (χ2n) is 3.80. The minimum atomic E-state index is -0.384. The third-order valence-electron chi connectivity index (χ3n) is 2.45. The highest BCUT2D eigenvalue weighted by molar-refractivity contribution is 9.10. The summed E-state index contributed by atoms with van der Waals surface area (Å²) in [5, 5.41) is 0. The molecule has 0 atom stereocenters. The van der Waals surface area contributed by atoms with Crippen LogP contribution in [0.1, 0.15) is 10.4 Å². The molecule has 0 saturated carbocycles. The topological polar surface area (TPSA) is 52.3 Å². The second kappa shape index (κ2) is 6.12. The first kappa shape index (κ1) is 14.0. The van der Waals surface area contributed by atoms with Gasteiger partial charge in [-0.25, -0.2) is 4.79 Å². The van der Waals surface area contributed by atoms with Gasteiger partial charge in [-0.3, -0.25) is 0 Å². The SMILES string of the molecule is COC(=O)c1ccc(Sc2cccc(Br)c2)c(N)c1. The van der Waals surface area contributed by atoms with Crippen LogP contribution >= 0.6 is 27.7 Å². The van der Waals surface area contributed by atoms with Crippen LogP contribution in [0.25, 0.3) is 0 Å². The van der Waals surface area contributed by atoms with Crippen LogP contribution in [0.15, 0.2) is 56.7 Å². The number of halogens is 1. The van der Waals surface area contributed by atoms with E-state index in [1.807, 2.05) is 30.3 Å². The van der Waals surface area contributed by atoms with E-state index in [4.69, 9.17) is 5.73 Å². The monoisotopic (exact) mass is 337 g/mol. The molecule has 0 saturated heterocycles. The van der Waals surface area contributed by atoms with Crippen LogP contribution in [0.5, 0.6) is 0 Å². The molecule has 0 aliphatic heterocycles. The number of hydrogen-bond acceptors (Lipinski definition) is 4. The Morgan fingerprint density at radius 3 is 2.68 bits per heavy atom. The van der Waals surface area contributed by atoms with E-state index in [0.717, 1.165) is 14.3 Å². The molecular formula is C14H12BrNO2S. The molecular weight excluding hydrogens is 326 g/mol. The molecule has 0 spiro atoms. The zero-order valence-electron chi connectivity index (χ0n) is 10.2. The third kappa shape index (κ3) is 3.52. The van der Waals surface area contributed by atoms with E-state index >= 15 is 0 Å². The number of anilines is 1. The Morgan fingerprint density at radius 1 is 1.26 bits per heavy atom. The molecule has 0 aliphatic rings. The lowest BCUT2D eigenvalue weighted by atomic mass is 10.2. The second-order valence-corrected chi connectivity index (χ2v) is 5.83. The summed E-state index contributed by atoms with van der Waals surface area (Å²) < 4.78 is 5.67. The molecule has 19 heavy (non-hydrogen) atoms. The molecule has 0 bridgehead atoms. The van der Waals surface area contributed by atoms with E-state index in [1.54, 1.807) is 23.9 Å². The van der Waals surface area contributed by atoms with Gasteiger partial charge in [-0.15, -0.1) is 0 Å². The van der Waals surface area contributed by atoms with Gasteiger partial charge in [0.25, 0.3) is 0 Å². The van der Waals surface area contributed by atoms with E-state index < -0.39 is 0 Å². The highest BCUT2D eigenvalue weighted by atomic mass is 79.9. The number of rotatable bonds is 3. The highest BCUT2D eigenvalue weighted by Crippen LogP contribution is 2.33. The quantitative estimate of drug-likeness (QED) is 0.680. The first-order chi connectivity index (χ1) is 9.10. The maximum atomic E-state index is 11.4. The summed E-state index contributed by atoms with van der Waals surface area (Å²) in [6, 6.07) is 13.1. The predicted octanol–water partition coefficient (Wildman–Crippen LogP) is 3.97. The lowest BCUT2D eigenvalue weighted by Gasteiger charge is -2.07. The summed E-state index contributed by atoms with van der Waals surface area (Å²) in [6.45, 7) is 0. The molecule has 2 aromatic rings. The zero-order chi connectivity index (χ0) is 13.8. The van der Waals surface area contributed by atoms with E-state index in [2.05, 4.69) is 20.7 Å². The number of carbonyl (C=O) groups is 1. The van der Waals surface area contributed by atoms with E-state index in [-0.39, 0.29) is 5.97 Å². The smallest absolute Gasteiger partial charge is 0.337 e. The molecule has 2 N–H and O–H groups in total. The fourth-order valence-electron chi connectivity index (χ4n) is 1.54. The van der Waals surface area contributed by atoms with Crippen molar-refractivity contribution in [3.63, 3.8) is 0 Å². The van der Waals surface area contributed by atoms with Crippen molar-refractivity contribution >= 4 is 39.3 Å². The van der Waals surface area contributed by atoms with E-state index in [0.29, 0.717) is 11.3 Å². The number of nitrogens with two attached hydrogens (primary N) is 1. The van der Waals surface area contributed by atoms with Gasteiger partial charge in [-0.05, 0) is 36.4 Å². The van der Waals surface area contributed by atoms with Crippen molar-refractivity contribution in [3.05, 3.63) is 52.5 Å². The van der Waals surface area contributed by atoms with Crippen molar-refractivity contribution < 1.29 is 9.53 Å². The van der Waals surface area contributed by atoms with Crippen molar-refractivity contribution in [2.75, 3.05) is 12.8 Å². The Kier molecular flexibility index (Phi) is 4.50. The van der Waals surface area contributed by atoms with Gasteiger partial charge in [0.15, 0.2) is 0 Å². The van der Waals surface area contributed by atoms with Crippen LogP contribution in [0.3, 0.4) is 0 Å². The van der Waals surface area contributed by atoms with Crippen LogP contribution in [0.2, 0.25) is 0 Å². The Morgan fingerprint density at radius 2 is 2.05 bits per heavy atom. The van der Waals surface area contributed by atoms with Crippen molar-refractivity contribution in [3.8, 4) is 0 Å². The maximum Gasteiger partial charge on any atom is 0.337 e. The Bertz CT molecular complexity index is 616. The lowest BCUT2D eigenvalue weighted by Crippen LogP contribution is -2.02. The Balaban J connectivity index is 2.24. The first-order valence-electron chi connectivity index (χ1n) is 5.51. The summed E-state index contributed by atoms with van der Waals surface area (Å²) in [5.74, 6) is -0.384. The fourth-order valence-corrected chi connectivity index (χ4v) is 2.99. The van der Waals surface area contributed by atoms with Crippen molar-refractivity contribution in [1.82, 2.24) is 0 Å². The molecule has 5 heteroatoms. The zero-order valence-corrected chi connectivity index (χ0v) is 12.6. The van der Waals surface area contributed by atoms with Gasteiger partial charge < -0.3 is 10.5 Å². The van der Waals surface area contributed by atoms with Gasteiger partial charge >= 0.3 is 5.97 Å². The van der Waals surface area contributed by atoms with E-state index in [9.17, 15) is 4.79 Å². The number of nitrogen functional groups attached to an aromatic ring is 1. The summed E-state index contributed by atoms with van der Waals surface area (Å²) in [4.78, 5) is 13.4. The standard InChI is InChI=1S/C14H12BrNO2S/c1-18-14(17)9-5-6-13(12(16)7-9)19-11-4-2-3-10(15)8-11/h2-8H,16H2,1H3. The van der Waals surface area contributed by atoms with Crippen LogP contribution < -0.4 is 5.73 Å². The normalized spacial score (nSPS) is 10.2. The molecule has 0 aliphatic carbocycles. The first-order valence-corrected chi connectivity index (χ1v) is 7.12. The fraction of sp³-hybridized carbons (Fsp3) is 0.0714. The molecule has 0 unspecified atom stereocenters. The highest BCUT2D eigenvalue weighted by Gasteiger charge is 2.09. The number of benzene rings is 2. The van der Waals surface area contributed by atoms with Gasteiger partial charge in [-0.2, -0.15) is 0 Å². The largest absolute Gasteiger partial charge is 0.465 e. The van der Waals surface area contributed by atoms with Crippen LogP contribution in [-0.4, -0.2) is 13.1 Å². The van der Waals surface area contributed by atoms with Gasteiger partial charge in [0.05, 0.1) is 12.7 Å². The summed E-state index contributed by atoms with van der Waals surface area (Å²) in [5.41, 5.74) is 6.98. The van der Waals surface area contributed by atoms with Crippen molar-refractivity contribution in [1.29, 1.82) is 0 Å². The van der Waals surface area contributed by atoms with Gasteiger partial charge in [0, 0.05) is 20.0 Å². The molecule has 2 rings (SSSR count). The third-order valence-corrected chi connectivity index (χ3v) is 4.03. The predicted molar refractivity (Wildman–Crippen MR) is 80.5 cm³/mol. The van der Waals surface area contributed by atoms with Crippen molar-refractivity contribution in [2.45, 2.75) is 9.79 Å². The minimum Gasteiger partial charge on any atom is -0.465 e. The van der Waals surface area contributed by atoms with Crippen LogP contribution in [-0.2, 0) is 4.74 Å². The number of esters is 1. The van der Waals surface area contributed by atoms with Crippen LogP contribution in [0, 0.1) is 0 Å². The number of carbonyl (C=O) groups excluding carboxylic acids is 1. The average molecular weight is 338 g/mol. The molecule has 0 aromatic heterocycles. The molecule has 3 nitrogen and oxygen atoms in total. The summed E-state index contributed by atoms with van der Waals surface area (Å²) >= 11 is 4.98. The minimum absolute atomic E-state index is 0.384. The van der Waals surface area contributed by atoms with Crippen LogP contribution in [0.4, 0.5) is 5.69 Å². The summed E-state index contributed by atoms with van der Waals surface area (Å²) in [6.07, 6.45) is 0. The molecule has 0 amide bonds. The van der Waals surface area contributed by atoms with Crippen molar-refractivity contribution in [2.24, 2.45) is 0 Å². The molecule has 0 radical (unpaired) electrons. The molecule has 98 valence electrons. The van der Waals surface area contributed by atoms with Gasteiger partial charge in [0.1, 0.15) is 0 Å². The Hall–Kier alpha value is -1.46. The number of methoxy groups -OCH3 is 1. The molecule has 0 heterocycles. The summed E-state index contributed by atoms with van der Waals surface area (Å²) in [7, 11) is 1.35. The Labute approximate surface area is 124 Å². The van der Waals surface area contributed by atoms with E-state index in [1.165, 1.54) is 7.11 Å². The lowest BCUT2D eigenvalue weighted by molar-refractivity contribution is 0.0600.